The van der Waals surface area contributed by atoms with Gasteiger partial charge in [0, 0.05) is 0 Å². The lowest BCUT2D eigenvalue weighted by atomic mass is 10.0. The summed E-state index contributed by atoms with van der Waals surface area (Å²) < 4.78 is 5.52. The second-order valence-electron chi connectivity index (χ2n) is 3.25. The molecule has 0 aromatic heterocycles. The molecule has 1 nitrogen and oxygen atoms in total. The first-order valence-electron chi connectivity index (χ1n) is 4.65. The second kappa shape index (κ2) is 3.18. The lowest BCUT2D eigenvalue weighted by Gasteiger charge is -2.17. The molecule has 0 saturated carbocycles. The molecular weight excluding hydrogens is 148 g/mol. The number of benzene rings is 1. The van der Waals surface area contributed by atoms with Crippen LogP contribution in [0, 0.1) is 0 Å². The molecule has 0 atom stereocenters. The molecule has 12 heavy (non-hydrogen) atoms. The van der Waals surface area contributed by atoms with Gasteiger partial charge in [0.1, 0.15) is 5.75 Å². The fraction of sp³-hybridized carbons (Fsp3) is 0.455. The van der Waals surface area contributed by atoms with Crippen LogP contribution in [-0.2, 0) is 12.8 Å². The van der Waals surface area contributed by atoms with E-state index in [-0.39, 0.29) is 0 Å². The van der Waals surface area contributed by atoms with E-state index >= 15 is 0 Å². The van der Waals surface area contributed by atoms with E-state index < -0.39 is 0 Å². The van der Waals surface area contributed by atoms with E-state index in [0.717, 1.165) is 18.8 Å². The summed E-state index contributed by atoms with van der Waals surface area (Å²) in [4.78, 5) is 0. The van der Waals surface area contributed by atoms with Gasteiger partial charge < -0.3 is 4.74 Å². The number of aryl methyl sites for hydroxylation is 2. The first-order valence-corrected chi connectivity index (χ1v) is 4.65. The van der Waals surface area contributed by atoms with Crippen molar-refractivity contribution in [3.05, 3.63) is 29.3 Å². The second-order valence-corrected chi connectivity index (χ2v) is 3.25. The molecule has 0 fully saturated rings. The van der Waals surface area contributed by atoms with Crippen molar-refractivity contribution in [2.75, 3.05) is 6.61 Å². The van der Waals surface area contributed by atoms with Crippen LogP contribution in [0.1, 0.15) is 24.5 Å². The van der Waals surface area contributed by atoms with Gasteiger partial charge in [0.05, 0.1) is 6.61 Å². The van der Waals surface area contributed by atoms with Crippen molar-refractivity contribution < 1.29 is 4.74 Å². The van der Waals surface area contributed by atoms with Gasteiger partial charge in [0.2, 0.25) is 0 Å². The van der Waals surface area contributed by atoms with E-state index in [9.17, 15) is 0 Å². The zero-order chi connectivity index (χ0) is 8.39. The monoisotopic (exact) mass is 162 g/mol. The maximum atomic E-state index is 5.52. The Morgan fingerprint density at radius 3 is 3.17 bits per heavy atom. The van der Waals surface area contributed by atoms with Crippen LogP contribution in [-0.4, -0.2) is 6.61 Å². The highest BCUT2D eigenvalue weighted by atomic mass is 16.5. The first kappa shape index (κ1) is 7.66. The predicted molar refractivity (Wildman–Crippen MR) is 49.6 cm³/mol. The molecule has 0 spiro atoms. The Kier molecular flexibility index (Phi) is 2.03. The van der Waals surface area contributed by atoms with Gasteiger partial charge in [-0.25, -0.2) is 0 Å². The van der Waals surface area contributed by atoms with Crippen LogP contribution in [0.5, 0.6) is 5.75 Å². The smallest absolute Gasteiger partial charge is 0.122 e. The normalized spacial score (nSPS) is 15.1. The topological polar surface area (TPSA) is 9.23 Å². The quantitative estimate of drug-likeness (QED) is 0.616. The van der Waals surface area contributed by atoms with Gasteiger partial charge in [-0.1, -0.05) is 19.1 Å². The van der Waals surface area contributed by atoms with Gasteiger partial charge in [-0.2, -0.15) is 0 Å². The summed E-state index contributed by atoms with van der Waals surface area (Å²) in [5.74, 6) is 1.10. The highest BCUT2D eigenvalue weighted by Gasteiger charge is 2.09. The third-order valence-corrected chi connectivity index (χ3v) is 2.38. The zero-order valence-corrected chi connectivity index (χ0v) is 7.47. The Hall–Kier alpha value is -0.980. The van der Waals surface area contributed by atoms with Crippen LogP contribution in [0.25, 0.3) is 0 Å². The lowest BCUT2D eigenvalue weighted by Crippen LogP contribution is -2.08. The molecule has 1 aromatic rings. The van der Waals surface area contributed by atoms with E-state index in [1.54, 1.807) is 0 Å². The molecule has 1 aliphatic rings. The summed E-state index contributed by atoms with van der Waals surface area (Å²) in [6.45, 7) is 3.07. The number of ether oxygens (including phenoxy) is 1. The highest BCUT2D eigenvalue weighted by Crippen LogP contribution is 2.25. The molecule has 1 aromatic carbocycles. The Labute approximate surface area is 73.4 Å². The molecule has 0 amide bonds. The number of hydrogen-bond donors (Lipinski definition) is 0. The van der Waals surface area contributed by atoms with Crippen LogP contribution < -0.4 is 4.74 Å². The average Bonchev–Trinajstić information content (AvgIpc) is 2.17. The maximum absolute atomic E-state index is 5.52. The van der Waals surface area contributed by atoms with E-state index in [0.29, 0.717) is 0 Å². The summed E-state index contributed by atoms with van der Waals surface area (Å²) in [7, 11) is 0. The van der Waals surface area contributed by atoms with Crippen molar-refractivity contribution in [2.24, 2.45) is 0 Å². The van der Waals surface area contributed by atoms with Crippen LogP contribution in [0.3, 0.4) is 0 Å². The van der Waals surface area contributed by atoms with E-state index in [1.807, 2.05) is 0 Å². The number of hydrogen-bond acceptors (Lipinski definition) is 1. The Morgan fingerprint density at radius 1 is 1.42 bits per heavy atom. The maximum Gasteiger partial charge on any atom is 0.122 e. The van der Waals surface area contributed by atoms with Crippen molar-refractivity contribution in [1.82, 2.24) is 0 Å². The van der Waals surface area contributed by atoms with Crippen LogP contribution in [0.2, 0.25) is 0 Å². The third-order valence-electron chi connectivity index (χ3n) is 2.38. The minimum Gasteiger partial charge on any atom is -0.493 e. The summed E-state index contributed by atoms with van der Waals surface area (Å²) in [5, 5.41) is 0. The molecule has 1 heteroatoms. The molecule has 0 radical (unpaired) electrons. The van der Waals surface area contributed by atoms with E-state index in [1.165, 1.54) is 24.0 Å². The average molecular weight is 162 g/mol. The van der Waals surface area contributed by atoms with Crippen molar-refractivity contribution in [3.63, 3.8) is 0 Å². The fourth-order valence-electron chi connectivity index (χ4n) is 1.63. The lowest BCUT2D eigenvalue weighted by molar-refractivity contribution is 0.288. The number of fused-ring (bicyclic) bond motifs is 1. The summed E-state index contributed by atoms with van der Waals surface area (Å²) in [6, 6.07) is 6.53. The zero-order valence-electron chi connectivity index (χ0n) is 7.47. The van der Waals surface area contributed by atoms with Gasteiger partial charge in [-0.15, -0.1) is 0 Å². The van der Waals surface area contributed by atoms with Crippen molar-refractivity contribution in [2.45, 2.75) is 26.2 Å². The number of rotatable bonds is 1. The Bertz CT molecular complexity index is 278. The fourth-order valence-corrected chi connectivity index (χ4v) is 1.63. The van der Waals surface area contributed by atoms with Gasteiger partial charge in [-0.05, 0) is 36.5 Å². The summed E-state index contributed by atoms with van der Waals surface area (Å²) in [5.41, 5.74) is 2.81. The molecule has 1 heterocycles. The van der Waals surface area contributed by atoms with Gasteiger partial charge >= 0.3 is 0 Å². The van der Waals surface area contributed by atoms with Gasteiger partial charge in [-0.3, -0.25) is 0 Å². The van der Waals surface area contributed by atoms with Gasteiger partial charge in [0.25, 0.3) is 0 Å². The van der Waals surface area contributed by atoms with Crippen LogP contribution in [0.4, 0.5) is 0 Å². The van der Waals surface area contributed by atoms with E-state index in [4.69, 9.17) is 4.74 Å². The standard InChI is InChI=1S/C11H14O/c1-2-9-5-6-11-10(8-9)4-3-7-12-11/h5-6,8H,2-4,7H2,1H3. The molecule has 0 unspecified atom stereocenters. The summed E-state index contributed by atoms with van der Waals surface area (Å²) >= 11 is 0. The van der Waals surface area contributed by atoms with E-state index in [2.05, 4.69) is 25.1 Å². The van der Waals surface area contributed by atoms with Crippen LogP contribution >= 0.6 is 0 Å². The minimum absolute atomic E-state index is 0.887. The highest BCUT2D eigenvalue weighted by molar-refractivity contribution is 5.38. The summed E-state index contributed by atoms with van der Waals surface area (Å²) in [6.07, 6.45) is 3.47. The van der Waals surface area contributed by atoms with Crippen molar-refractivity contribution in [3.8, 4) is 5.75 Å². The molecule has 1 aliphatic heterocycles. The molecule has 0 saturated heterocycles. The molecule has 64 valence electrons. The largest absolute Gasteiger partial charge is 0.493 e. The van der Waals surface area contributed by atoms with Crippen molar-refractivity contribution >= 4 is 0 Å². The van der Waals surface area contributed by atoms with Crippen LogP contribution in [0.15, 0.2) is 18.2 Å². The molecule has 0 N–H and O–H groups in total. The minimum atomic E-state index is 0.887. The Balaban J connectivity index is 2.36. The molecule has 2 rings (SSSR count). The Morgan fingerprint density at radius 2 is 2.33 bits per heavy atom. The predicted octanol–water partition coefficient (Wildman–Crippen LogP) is 2.57. The van der Waals surface area contributed by atoms with Gasteiger partial charge in [0.15, 0.2) is 0 Å². The molecular formula is C11H14O. The third kappa shape index (κ3) is 1.31. The molecule has 0 bridgehead atoms. The van der Waals surface area contributed by atoms with Crippen molar-refractivity contribution in [1.29, 1.82) is 0 Å². The SMILES string of the molecule is CCc1ccc2c(c1)CCCO2. The first-order chi connectivity index (χ1) is 5.90. The molecule has 0 aliphatic carbocycles.